The Hall–Kier alpha value is -0.0500. The van der Waals surface area contributed by atoms with Gasteiger partial charge < -0.3 is 4.74 Å². The first-order chi connectivity index (χ1) is 4.29. The van der Waals surface area contributed by atoms with Gasteiger partial charge >= 0.3 is 4.88 Å². The Bertz CT molecular complexity index is 108. The van der Waals surface area contributed by atoms with Gasteiger partial charge in [-0.3, -0.25) is 0 Å². The Labute approximate surface area is 62.7 Å². The van der Waals surface area contributed by atoms with E-state index in [9.17, 15) is 4.79 Å². The van der Waals surface area contributed by atoms with Gasteiger partial charge in [0.1, 0.15) is 6.10 Å². The molecule has 0 saturated heterocycles. The molecule has 0 amide bonds. The van der Waals surface area contributed by atoms with Crippen molar-refractivity contribution < 1.29 is 9.53 Å². The van der Waals surface area contributed by atoms with Crippen molar-refractivity contribution in [2.75, 3.05) is 0 Å². The number of halogens is 1. The van der Waals surface area contributed by atoms with Crippen LogP contribution in [0.25, 0.3) is 0 Å². The summed E-state index contributed by atoms with van der Waals surface area (Å²) in [5.41, 5.74) is 0. The monoisotopic (exact) mass is 192 g/mol. The molecule has 0 radical (unpaired) electrons. The highest BCUT2D eigenvalue weighted by Gasteiger charge is 2.17. The summed E-state index contributed by atoms with van der Waals surface area (Å²) in [6.45, 7) is 0. The summed E-state index contributed by atoms with van der Waals surface area (Å²) in [5, 5.41) is 0. The summed E-state index contributed by atoms with van der Waals surface area (Å²) in [5.74, 6) is 0. The summed E-state index contributed by atoms with van der Waals surface area (Å²) in [6.07, 6.45) is 4.67. The molecule has 0 bridgehead atoms. The van der Waals surface area contributed by atoms with Crippen LogP contribution in [-0.4, -0.2) is 11.0 Å². The maximum Gasteiger partial charge on any atom is 0.374 e. The second kappa shape index (κ2) is 3.20. The van der Waals surface area contributed by atoms with Crippen molar-refractivity contribution in [3.63, 3.8) is 0 Å². The third-order valence-corrected chi connectivity index (χ3v) is 1.75. The molecule has 1 aliphatic carbocycles. The number of rotatable bonds is 1. The molecule has 52 valence electrons. The van der Waals surface area contributed by atoms with Gasteiger partial charge in [0.15, 0.2) is 0 Å². The van der Waals surface area contributed by atoms with Gasteiger partial charge in [-0.15, -0.1) is 0 Å². The molecule has 1 fully saturated rings. The molecule has 9 heavy (non-hydrogen) atoms. The lowest BCUT2D eigenvalue weighted by molar-refractivity contribution is 0.128. The lowest BCUT2D eigenvalue weighted by Gasteiger charge is -2.06. The van der Waals surface area contributed by atoms with E-state index in [1.54, 1.807) is 0 Å². The molecule has 0 spiro atoms. The van der Waals surface area contributed by atoms with Crippen molar-refractivity contribution in [2.45, 2.75) is 31.8 Å². The SMILES string of the molecule is O=C(Br)OC1CCCC1. The average Bonchev–Trinajstić information content (AvgIpc) is 2.15. The third kappa shape index (κ3) is 2.35. The van der Waals surface area contributed by atoms with Crippen molar-refractivity contribution in [2.24, 2.45) is 0 Å². The van der Waals surface area contributed by atoms with E-state index in [0.717, 1.165) is 12.8 Å². The van der Waals surface area contributed by atoms with Crippen LogP contribution in [0.3, 0.4) is 0 Å². The van der Waals surface area contributed by atoms with Crippen molar-refractivity contribution in [1.29, 1.82) is 0 Å². The van der Waals surface area contributed by atoms with Crippen LogP contribution in [0.4, 0.5) is 4.79 Å². The smallest absolute Gasteiger partial charge is 0.374 e. The van der Waals surface area contributed by atoms with Crippen LogP contribution in [0.2, 0.25) is 0 Å². The molecule has 0 aliphatic heterocycles. The molecule has 2 nitrogen and oxygen atoms in total. The van der Waals surface area contributed by atoms with E-state index in [1.165, 1.54) is 12.8 Å². The summed E-state index contributed by atoms with van der Waals surface area (Å²) >= 11 is 2.72. The number of hydrogen-bond acceptors (Lipinski definition) is 2. The lowest BCUT2D eigenvalue weighted by atomic mass is 10.3. The summed E-state index contributed by atoms with van der Waals surface area (Å²) in [6, 6.07) is 0. The molecular weight excluding hydrogens is 184 g/mol. The molecule has 3 heteroatoms. The van der Waals surface area contributed by atoms with E-state index in [2.05, 4.69) is 15.9 Å². The van der Waals surface area contributed by atoms with Gasteiger partial charge in [0.25, 0.3) is 0 Å². The van der Waals surface area contributed by atoms with Crippen LogP contribution < -0.4 is 0 Å². The molecule has 0 atom stereocenters. The normalized spacial score (nSPS) is 20.1. The van der Waals surface area contributed by atoms with Crippen LogP contribution in [0, 0.1) is 0 Å². The number of carbonyl (C=O) groups excluding carboxylic acids is 1. The van der Waals surface area contributed by atoms with Crippen molar-refractivity contribution in [1.82, 2.24) is 0 Å². The highest BCUT2D eigenvalue weighted by Crippen LogP contribution is 2.21. The predicted molar refractivity (Wildman–Crippen MR) is 37.7 cm³/mol. The van der Waals surface area contributed by atoms with Crippen molar-refractivity contribution in [3.05, 3.63) is 0 Å². The molecular formula is C6H9BrO2. The van der Waals surface area contributed by atoms with Crippen LogP contribution in [0.15, 0.2) is 0 Å². The van der Waals surface area contributed by atoms with E-state index in [0.29, 0.717) is 0 Å². The highest BCUT2D eigenvalue weighted by atomic mass is 79.9. The minimum absolute atomic E-state index is 0.192. The first kappa shape index (κ1) is 7.06. The maximum absolute atomic E-state index is 10.3. The fourth-order valence-electron chi connectivity index (χ4n) is 1.14. The molecule has 0 aromatic heterocycles. The van der Waals surface area contributed by atoms with E-state index < -0.39 is 0 Å². The first-order valence-electron chi connectivity index (χ1n) is 3.15. The molecule has 0 N–H and O–H groups in total. The molecule has 1 saturated carbocycles. The quantitative estimate of drug-likeness (QED) is 0.598. The Kier molecular flexibility index (Phi) is 2.51. The van der Waals surface area contributed by atoms with Gasteiger partial charge in [-0.25, -0.2) is 4.79 Å². The summed E-state index contributed by atoms with van der Waals surface area (Å²) < 4.78 is 4.89. The maximum atomic E-state index is 10.3. The standard InChI is InChI=1S/C6H9BrO2/c7-6(8)9-5-3-1-2-4-5/h5H,1-4H2. The number of ether oxygens (including phenoxy) is 1. The molecule has 1 aliphatic rings. The Morgan fingerprint density at radius 3 is 2.44 bits per heavy atom. The van der Waals surface area contributed by atoms with Crippen LogP contribution >= 0.6 is 15.9 Å². The highest BCUT2D eigenvalue weighted by molar-refractivity contribution is 9.18. The van der Waals surface area contributed by atoms with Crippen molar-refractivity contribution >= 4 is 20.8 Å². The molecule has 0 aromatic rings. The second-order valence-electron chi connectivity index (χ2n) is 2.26. The predicted octanol–water partition coefficient (Wildman–Crippen LogP) is 2.46. The van der Waals surface area contributed by atoms with Gasteiger partial charge in [-0.2, -0.15) is 0 Å². The lowest BCUT2D eigenvalue weighted by Crippen LogP contribution is -2.08. The number of carbonyl (C=O) groups is 1. The zero-order chi connectivity index (χ0) is 6.69. The van der Waals surface area contributed by atoms with E-state index in [-0.39, 0.29) is 11.0 Å². The Morgan fingerprint density at radius 1 is 1.44 bits per heavy atom. The van der Waals surface area contributed by atoms with Crippen LogP contribution in [-0.2, 0) is 4.74 Å². The summed E-state index contributed by atoms with van der Waals surface area (Å²) in [4.78, 5) is 9.97. The van der Waals surface area contributed by atoms with E-state index in [4.69, 9.17) is 4.74 Å². The van der Waals surface area contributed by atoms with Gasteiger partial charge in [0.05, 0.1) is 0 Å². The zero-order valence-corrected chi connectivity index (χ0v) is 6.69. The van der Waals surface area contributed by atoms with E-state index in [1.807, 2.05) is 0 Å². The minimum Gasteiger partial charge on any atom is -0.454 e. The van der Waals surface area contributed by atoms with Crippen LogP contribution in [0.1, 0.15) is 25.7 Å². The largest absolute Gasteiger partial charge is 0.454 e. The van der Waals surface area contributed by atoms with Gasteiger partial charge in [-0.05, 0) is 25.7 Å². The van der Waals surface area contributed by atoms with Crippen LogP contribution in [0.5, 0.6) is 0 Å². The fraction of sp³-hybridized carbons (Fsp3) is 0.833. The molecule has 1 rings (SSSR count). The fourth-order valence-corrected chi connectivity index (χ4v) is 1.40. The summed E-state index contributed by atoms with van der Waals surface area (Å²) in [7, 11) is 0. The topological polar surface area (TPSA) is 26.3 Å². The van der Waals surface area contributed by atoms with Crippen molar-refractivity contribution in [3.8, 4) is 0 Å². The van der Waals surface area contributed by atoms with Gasteiger partial charge in [-0.1, -0.05) is 0 Å². The minimum atomic E-state index is -0.325. The van der Waals surface area contributed by atoms with E-state index >= 15 is 0 Å². The average molecular weight is 193 g/mol. The molecule has 0 aromatic carbocycles. The first-order valence-corrected chi connectivity index (χ1v) is 3.94. The number of hydrogen-bond donors (Lipinski definition) is 0. The Balaban J connectivity index is 2.19. The van der Waals surface area contributed by atoms with Gasteiger partial charge in [0, 0.05) is 15.9 Å². The Morgan fingerprint density at radius 2 is 2.00 bits per heavy atom. The molecule has 0 heterocycles. The second-order valence-corrected chi connectivity index (χ2v) is 2.91. The third-order valence-electron chi connectivity index (χ3n) is 1.56. The zero-order valence-electron chi connectivity index (χ0n) is 5.10. The molecule has 0 unspecified atom stereocenters. The van der Waals surface area contributed by atoms with Gasteiger partial charge in [0.2, 0.25) is 0 Å².